The highest BCUT2D eigenvalue weighted by molar-refractivity contribution is 7.25. The molecule has 16 aromatic rings. The SMILES string of the molecule is c1ccc(N(c2ccc3c(c2)-c2cccc4cccc-3c24)c2ccc3c(c2)c2cc4ccc5cc6c7ccccc7[nH]c6c6c5c4c(c2n3-c2ccccc2)n6-c2ccc3c(c2)sc2ccccc23)cc1. The summed E-state index contributed by atoms with van der Waals surface area (Å²) in [5.41, 5.74) is 17.8. The second-order valence-corrected chi connectivity index (χ2v) is 20.4. The summed E-state index contributed by atoms with van der Waals surface area (Å²) >= 11 is 1.88. The van der Waals surface area contributed by atoms with E-state index in [9.17, 15) is 0 Å². The van der Waals surface area contributed by atoms with Gasteiger partial charge >= 0.3 is 0 Å². The van der Waals surface area contributed by atoms with E-state index in [1.54, 1.807) is 0 Å². The molecule has 0 spiro atoms. The molecule has 17 rings (SSSR count). The van der Waals surface area contributed by atoms with Gasteiger partial charge in [-0.25, -0.2) is 0 Å². The Hall–Kier alpha value is -9.16. The summed E-state index contributed by atoms with van der Waals surface area (Å²) in [6.45, 7) is 0. The van der Waals surface area contributed by atoms with E-state index in [0.29, 0.717) is 0 Å². The second-order valence-electron chi connectivity index (χ2n) is 19.3. The summed E-state index contributed by atoms with van der Waals surface area (Å²) < 4.78 is 7.72. The van der Waals surface area contributed by atoms with Gasteiger partial charge in [0.25, 0.3) is 0 Å². The van der Waals surface area contributed by atoms with Crippen molar-refractivity contribution in [2.75, 3.05) is 4.90 Å². The van der Waals surface area contributed by atoms with Crippen molar-refractivity contribution in [3.8, 4) is 33.6 Å². The van der Waals surface area contributed by atoms with E-state index in [-0.39, 0.29) is 0 Å². The number of rotatable bonds is 5. The molecule has 4 heterocycles. The van der Waals surface area contributed by atoms with Crippen LogP contribution >= 0.6 is 11.3 Å². The molecule has 4 nitrogen and oxygen atoms in total. The monoisotopic (exact) mass is 918 g/mol. The van der Waals surface area contributed by atoms with Gasteiger partial charge in [-0.1, -0.05) is 133 Å². The molecule has 0 atom stereocenters. The van der Waals surface area contributed by atoms with Gasteiger partial charge < -0.3 is 19.0 Å². The standard InChI is InChI=1S/C66H38N4S/c1-3-15-41(16-4-1)68(43-27-30-46-50-21-11-13-38-14-12-22-51(60(38)50)52(46)35-43)44-29-32-57-53(36-44)55-34-40-26-25-39-33-54-47-19-7-9-23-56(47)67-63(54)65-61(39)62(40)66(64(55)69(57)42-17-5-2-6-18-42)70(65)45-28-31-49-48-20-8-10-24-58(48)71-59(49)37-45/h1-37,67H. The highest BCUT2D eigenvalue weighted by atomic mass is 32.1. The van der Waals surface area contributed by atoms with Crippen molar-refractivity contribution in [1.29, 1.82) is 0 Å². The third-order valence-electron chi connectivity index (χ3n) is 15.6. The van der Waals surface area contributed by atoms with E-state index in [1.807, 2.05) is 11.3 Å². The van der Waals surface area contributed by atoms with Crippen molar-refractivity contribution in [3.05, 3.63) is 224 Å². The average molecular weight is 919 g/mol. The van der Waals surface area contributed by atoms with Crippen molar-refractivity contribution in [1.82, 2.24) is 14.1 Å². The Morgan fingerprint density at radius 3 is 1.87 bits per heavy atom. The maximum Gasteiger partial charge on any atom is 0.0795 e. The van der Waals surface area contributed by atoms with Gasteiger partial charge in [0.05, 0.1) is 27.6 Å². The lowest BCUT2D eigenvalue weighted by molar-refractivity contribution is 1.15. The lowest BCUT2D eigenvalue weighted by Crippen LogP contribution is -2.10. The number of nitrogens with one attached hydrogen (secondary N) is 1. The Bertz CT molecular complexity index is 4930. The largest absolute Gasteiger partial charge is 0.353 e. The van der Waals surface area contributed by atoms with Crippen molar-refractivity contribution in [2.45, 2.75) is 0 Å². The number of para-hydroxylation sites is 3. The summed E-state index contributed by atoms with van der Waals surface area (Å²) in [6.07, 6.45) is 0. The zero-order valence-electron chi connectivity index (χ0n) is 38.1. The number of anilines is 3. The Labute approximate surface area is 410 Å². The Morgan fingerprint density at radius 1 is 0.338 bits per heavy atom. The molecule has 0 aliphatic heterocycles. The van der Waals surface area contributed by atoms with Crippen LogP contribution in [0.1, 0.15) is 0 Å². The molecule has 0 radical (unpaired) electrons. The number of hydrogen-bond donors (Lipinski definition) is 1. The molecule has 0 unspecified atom stereocenters. The number of benzene rings is 12. The molecule has 1 aliphatic rings. The van der Waals surface area contributed by atoms with Gasteiger partial charge in [0.2, 0.25) is 0 Å². The Kier molecular flexibility index (Phi) is 7.32. The highest BCUT2D eigenvalue weighted by Crippen LogP contribution is 2.52. The first-order valence-corrected chi connectivity index (χ1v) is 25.2. The topological polar surface area (TPSA) is 28.9 Å². The average Bonchev–Trinajstić information content (AvgIpc) is 4.23. The number of H-pyrrole nitrogens is 1. The molecular formula is C66H38N4S. The third kappa shape index (κ3) is 5.02. The zero-order chi connectivity index (χ0) is 46.1. The molecule has 0 bridgehead atoms. The molecule has 4 aromatic heterocycles. The number of aromatic nitrogens is 3. The maximum atomic E-state index is 3.97. The predicted molar refractivity (Wildman–Crippen MR) is 303 cm³/mol. The Balaban J connectivity index is 1.000. The van der Waals surface area contributed by atoms with Crippen molar-refractivity contribution in [2.24, 2.45) is 0 Å². The minimum absolute atomic E-state index is 1.10. The van der Waals surface area contributed by atoms with Crippen molar-refractivity contribution >= 4 is 136 Å². The van der Waals surface area contributed by atoms with Gasteiger partial charge in [-0.3, -0.25) is 0 Å². The fourth-order valence-corrected chi connectivity index (χ4v) is 13.9. The lowest BCUT2D eigenvalue weighted by atomic mass is 9.98. The summed E-state index contributed by atoms with van der Waals surface area (Å²) in [7, 11) is 0. The normalized spacial score (nSPS) is 12.5. The summed E-state index contributed by atoms with van der Waals surface area (Å²) in [5, 5.41) is 15.1. The molecule has 1 N–H and O–H groups in total. The first-order chi connectivity index (χ1) is 35.2. The number of nitrogens with zero attached hydrogens (tertiary/aromatic N) is 3. The predicted octanol–water partition coefficient (Wildman–Crippen LogP) is 18.7. The zero-order valence-corrected chi connectivity index (χ0v) is 38.9. The number of aromatic amines is 1. The molecular weight excluding hydrogens is 881 g/mol. The van der Waals surface area contributed by atoms with Crippen LogP contribution in [0.5, 0.6) is 0 Å². The van der Waals surface area contributed by atoms with Gasteiger partial charge in [-0.15, -0.1) is 11.3 Å². The molecule has 71 heavy (non-hydrogen) atoms. The smallest absolute Gasteiger partial charge is 0.0795 e. The van der Waals surface area contributed by atoms with Crippen LogP contribution in [0.3, 0.4) is 0 Å². The first kappa shape index (κ1) is 37.8. The molecule has 328 valence electrons. The third-order valence-corrected chi connectivity index (χ3v) is 16.8. The van der Waals surface area contributed by atoms with Gasteiger partial charge in [0, 0.05) is 86.4 Å². The minimum atomic E-state index is 1.10. The minimum Gasteiger partial charge on any atom is -0.353 e. The van der Waals surface area contributed by atoms with Crippen LogP contribution < -0.4 is 4.90 Å². The van der Waals surface area contributed by atoms with Gasteiger partial charge in [0.15, 0.2) is 0 Å². The van der Waals surface area contributed by atoms with Gasteiger partial charge in [0.1, 0.15) is 0 Å². The van der Waals surface area contributed by atoms with Crippen molar-refractivity contribution < 1.29 is 0 Å². The van der Waals surface area contributed by atoms with E-state index >= 15 is 0 Å². The second kappa shape index (κ2) is 13.8. The van der Waals surface area contributed by atoms with E-state index in [2.05, 4.69) is 243 Å². The molecule has 12 aromatic carbocycles. The highest BCUT2D eigenvalue weighted by Gasteiger charge is 2.28. The molecule has 0 saturated heterocycles. The number of hydrogen-bond acceptors (Lipinski definition) is 2. The van der Waals surface area contributed by atoms with Gasteiger partial charge in [-0.05, 0) is 135 Å². The van der Waals surface area contributed by atoms with E-state index in [0.717, 1.165) is 45.0 Å². The van der Waals surface area contributed by atoms with Gasteiger partial charge in [-0.2, -0.15) is 0 Å². The van der Waals surface area contributed by atoms with Crippen LogP contribution in [0.25, 0.3) is 141 Å². The van der Waals surface area contributed by atoms with Crippen molar-refractivity contribution in [3.63, 3.8) is 0 Å². The first-order valence-electron chi connectivity index (χ1n) is 24.4. The summed E-state index contributed by atoms with van der Waals surface area (Å²) in [4.78, 5) is 6.40. The van der Waals surface area contributed by atoms with E-state index in [4.69, 9.17) is 0 Å². The molecule has 0 fully saturated rings. The van der Waals surface area contributed by atoms with Crippen LogP contribution in [0.2, 0.25) is 0 Å². The van der Waals surface area contributed by atoms with E-state index in [1.165, 1.54) is 113 Å². The molecule has 1 aliphatic carbocycles. The molecule has 5 heteroatoms. The fourth-order valence-electron chi connectivity index (χ4n) is 12.7. The van der Waals surface area contributed by atoms with Crippen LogP contribution in [-0.4, -0.2) is 14.1 Å². The fraction of sp³-hybridized carbons (Fsp3) is 0. The van der Waals surface area contributed by atoms with E-state index < -0.39 is 0 Å². The maximum absolute atomic E-state index is 3.97. The van der Waals surface area contributed by atoms with Crippen LogP contribution in [-0.2, 0) is 0 Å². The summed E-state index contributed by atoms with van der Waals surface area (Å²) in [5.74, 6) is 0. The van der Waals surface area contributed by atoms with Crippen LogP contribution in [0, 0.1) is 0 Å². The lowest BCUT2D eigenvalue weighted by Gasteiger charge is -2.26. The van der Waals surface area contributed by atoms with Crippen LogP contribution in [0.15, 0.2) is 224 Å². The summed E-state index contributed by atoms with van der Waals surface area (Å²) in [6, 6.07) is 83.7. The number of fused-ring (bicyclic) bond motifs is 14. The molecule has 0 saturated carbocycles. The van der Waals surface area contributed by atoms with Crippen LogP contribution in [0.4, 0.5) is 17.1 Å². The Morgan fingerprint density at radius 2 is 1.03 bits per heavy atom. The quantitative estimate of drug-likeness (QED) is 0.171. The number of thiophene rings is 1. The molecule has 0 amide bonds.